The van der Waals surface area contributed by atoms with E-state index in [-0.39, 0.29) is 24.4 Å². The Morgan fingerprint density at radius 2 is 1.81 bits per heavy atom. The SMILES string of the molecule is COc1ccc(C(=O)NCC(c2ccccc2Cl)N2CCCC2)cc1.Cl. The van der Waals surface area contributed by atoms with Gasteiger partial charge >= 0.3 is 0 Å². The van der Waals surface area contributed by atoms with Gasteiger partial charge in [0.25, 0.3) is 5.91 Å². The van der Waals surface area contributed by atoms with Gasteiger partial charge in [0.2, 0.25) is 0 Å². The molecule has 0 saturated carbocycles. The molecular formula is C20H24Cl2N2O2. The van der Waals surface area contributed by atoms with Crippen molar-refractivity contribution in [2.75, 3.05) is 26.7 Å². The van der Waals surface area contributed by atoms with Gasteiger partial charge in [0, 0.05) is 17.1 Å². The number of methoxy groups -OCH3 is 1. The number of nitrogens with zero attached hydrogens (tertiary/aromatic N) is 1. The first-order chi connectivity index (χ1) is 12.2. The first kappa shape index (κ1) is 20.6. The molecule has 3 rings (SSSR count). The summed E-state index contributed by atoms with van der Waals surface area (Å²) in [6.45, 7) is 2.61. The number of ether oxygens (including phenoxy) is 1. The maximum atomic E-state index is 12.5. The van der Waals surface area contributed by atoms with Gasteiger partial charge in [0.15, 0.2) is 0 Å². The number of hydrogen-bond donors (Lipinski definition) is 1. The minimum absolute atomic E-state index is 0. The van der Waals surface area contributed by atoms with Crippen molar-refractivity contribution in [3.8, 4) is 5.75 Å². The van der Waals surface area contributed by atoms with Gasteiger partial charge in [-0.2, -0.15) is 0 Å². The Balaban J connectivity index is 0.00000243. The van der Waals surface area contributed by atoms with Crippen LogP contribution in [0.2, 0.25) is 5.02 Å². The van der Waals surface area contributed by atoms with Crippen molar-refractivity contribution in [1.29, 1.82) is 0 Å². The van der Waals surface area contributed by atoms with Crippen LogP contribution in [0.3, 0.4) is 0 Å². The highest BCUT2D eigenvalue weighted by atomic mass is 35.5. The Hall–Kier alpha value is -1.75. The molecule has 2 aromatic rings. The molecule has 6 heteroatoms. The predicted octanol–water partition coefficient (Wildman–Crippen LogP) is 4.34. The van der Waals surface area contributed by atoms with Gasteiger partial charge in [0.1, 0.15) is 5.75 Å². The number of nitrogens with one attached hydrogen (secondary N) is 1. The molecule has 26 heavy (non-hydrogen) atoms. The number of carbonyl (C=O) groups is 1. The molecule has 0 aromatic heterocycles. The van der Waals surface area contributed by atoms with E-state index in [0.29, 0.717) is 12.1 Å². The zero-order valence-electron chi connectivity index (χ0n) is 14.8. The Morgan fingerprint density at radius 1 is 1.15 bits per heavy atom. The van der Waals surface area contributed by atoms with Crippen LogP contribution in [0.4, 0.5) is 0 Å². The van der Waals surface area contributed by atoms with E-state index >= 15 is 0 Å². The largest absolute Gasteiger partial charge is 0.497 e. The van der Waals surface area contributed by atoms with Crippen LogP contribution in [-0.2, 0) is 0 Å². The second-order valence-corrected chi connectivity index (χ2v) is 6.63. The maximum absolute atomic E-state index is 12.5. The van der Waals surface area contributed by atoms with E-state index in [1.165, 1.54) is 12.8 Å². The van der Waals surface area contributed by atoms with Crippen LogP contribution >= 0.6 is 24.0 Å². The van der Waals surface area contributed by atoms with E-state index < -0.39 is 0 Å². The molecule has 1 N–H and O–H groups in total. The smallest absolute Gasteiger partial charge is 0.251 e. The van der Waals surface area contributed by atoms with Crippen LogP contribution in [0.1, 0.15) is 34.8 Å². The fraction of sp³-hybridized carbons (Fsp3) is 0.350. The predicted molar refractivity (Wildman–Crippen MR) is 108 cm³/mol. The highest BCUT2D eigenvalue weighted by Gasteiger charge is 2.25. The summed E-state index contributed by atoms with van der Waals surface area (Å²) >= 11 is 6.41. The summed E-state index contributed by atoms with van der Waals surface area (Å²) in [7, 11) is 1.61. The fourth-order valence-electron chi connectivity index (χ4n) is 3.27. The van der Waals surface area contributed by atoms with Gasteiger partial charge in [0.05, 0.1) is 13.2 Å². The molecule has 140 valence electrons. The van der Waals surface area contributed by atoms with E-state index in [4.69, 9.17) is 16.3 Å². The van der Waals surface area contributed by atoms with Crippen molar-refractivity contribution >= 4 is 29.9 Å². The molecule has 2 aromatic carbocycles. The number of likely N-dealkylation sites (tertiary alicyclic amines) is 1. The highest BCUT2D eigenvalue weighted by molar-refractivity contribution is 6.31. The molecular weight excluding hydrogens is 371 g/mol. The molecule has 1 saturated heterocycles. The lowest BCUT2D eigenvalue weighted by atomic mass is 10.0. The van der Waals surface area contributed by atoms with Crippen LogP contribution in [0.15, 0.2) is 48.5 Å². The monoisotopic (exact) mass is 394 g/mol. The first-order valence-electron chi connectivity index (χ1n) is 8.60. The summed E-state index contributed by atoms with van der Waals surface area (Å²) in [5.74, 6) is 0.654. The van der Waals surface area contributed by atoms with Gasteiger partial charge in [-0.15, -0.1) is 12.4 Å². The Labute approximate surface area is 165 Å². The third-order valence-corrected chi connectivity index (χ3v) is 5.00. The molecule has 0 radical (unpaired) electrons. The minimum atomic E-state index is -0.0843. The zero-order valence-corrected chi connectivity index (χ0v) is 16.4. The third-order valence-electron chi connectivity index (χ3n) is 4.65. The normalized spacial score (nSPS) is 15.2. The lowest BCUT2D eigenvalue weighted by Gasteiger charge is -2.29. The number of rotatable bonds is 6. The summed E-state index contributed by atoms with van der Waals surface area (Å²) in [5.41, 5.74) is 1.70. The van der Waals surface area contributed by atoms with E-state index in [1.807, 2.05) is 24.3 Å². The van der Waals surface area contributed by atoms with Crippen molar-refractivity contribution in [2.24, 2.45) is 0 Å². The van der Waals surface area contributed by atoms with E-state index in [0.717, 1.165) is 29.4 Å². The van der Waals surface area contributed by atoms with Crippen molar-refractivity contribution in [2.45, 2.75) is 18.9 Å². The molecule has 0 bridgehead atoms. The van der Waals surface area contributed by atoms with Crippen molar-refractivity contribution < 1.29 is 9.53 Å². The Kier molecular flexibility index (Phi) is 7.76. The van der Waals surface area contributed by atoms with Crippen LogP contribution < -0.4 is 10.1 Å². The van der Waals surface area contributed by atoms with Crippen LogP contribution in [0.25, 0.3) is 0 Å². The number of benzene rings is 2. The van der Waals surface area contributed by atoms with Crippen molar-refractivity contribution in [3.63, 3.8) is 0 Å². The molecule has 0 aliphatic carbocycles. The van der Waals surface area contributed by atoms with Gasteiger partial charge in [-0.3, -0.25) is 9.69 Å². The maximum Gasteiger partial charge on any atom is 0.251 e. The van der Waals surface area contributed by atoms with Gasteiger partial charge in [-0.25, -0.2) is 0 Å². The summed E-state index contributed by atoms with van der Waals surface area (Å²) in [5, 5.41) is 3.81. The third kappa shape index (κ3) is 4.91. The number of hydrogen-bond acceptors (Lipinski definition) is 3. The zero-order chi connectivity index (χ0) is 17.6. The summed E-state index contributed by atoms with van der Waals surface area (Å²) in [6, 6.07) is 15.1. The van der Waals surface area contributed by atoms with Crippen LogP contribution in [0.5, 0.6) is 5.75 Å². The molecule has 1 amide bonds. The van der Waals surface area contributed by atoms with Crippen LogP contribution in [0, 0.1) is 0 Å². The minimum Gasteiger partial charge on any atom is -0.497 e. The summed E-state index contributed by atoms with van der Waals surface area (Å²) < 4.78 is 5.13. The topological polar surface area (TPSA) is 41.6 Å². The molecule has 1 fully saturated rings. The quantitative estimate of drug-likeness (QED) is 0.791. The average molecular weight is 395 g/mol. The van der Waals surface area contributed by atoms with Gasteiger partial charge in [-0.1, -0.05) is 29.8 Å². The molecule has 4 nitrogen and oxygen atoms in total. The highest BCUT2D eigenvalue weighted by Crippen LogP contribution is 2.29. The molecule has 1 aliphatic heterocycles. The lowest BCUT2D eigenvalue weighted by Crippen LogP contribution is -2.37. The first-order valence-corrected chi connectivity index (χ1v) is 8.97. The molecule has 0 spiro atoms. The van der Waals surface area contributed by atoms with E-state index in [1.54, 1.807) is 31.4 Å². The van der Waals surface area contributed by atoms with E-state index in [2.05, 4.69) is 10.2 Å². The molecule has 1 unspecified atom stereocenters. The standard InChI is InChI=1S/C20H23ClN2O2.ClH/c1-25-16-10-8-15(9-11-16)20(24)22-14-19(23-12-4-5-13-23)17-6-2-3-7-18(17)21;/h2-3,6-11,19H,4-5,12-14H2,1H3,(H,22,24);1H. The number of carbonyl (C=O) groups excluding carboxylic acids is 1. The summed E-state index contributed by atoms with van der Waals surface area (Å²) in [4.78, 5) is 14.9. The second kappa shape index (κ2) is 9.81. The van der Waals surface area contributed by atoms with Crippen LogP contribution in [-0.4, -0.2) is 37.6 Å². The van der Waals surface area contributed by atoms with Gasteiger partial charge in [-0.05, 0) is 61.8 Å². The van der Waals surface area contributed by atoms with E-state index in [9.17, 15) is 4.79 Å². The Bertz CT molecular complexity index is 716. The van der Waals surface area contributed by atoms with Crippen molar-refractivity contribution in [1.82, 2.24) is 10.2 Å². The van der Waals surface area contributed by atoms with Gasteiger partial charge < -0.3 is 10.1 Å². The summed E-state index contributed by atoms with van der Waals surface area (Å²) in [6.07, 6.45) is 2.38. The Morgan fingerprint density at radius 3 is 2.42 bits per heavy atom. The lowest BCUT2D eigenvalue weighted by molar-refractivity contribution is 0.0938. The molecule has 1 aliphatic rings. The number of halogens is 2. The fourth-order valence-corrected chi connectivity index (χ4v) is 3.53. The molecule has 1 heterocycles. The second-order valence-electron chi connectivity index (χ2n) is 6.22. The van der Waals surface area contributed by atoms with Crippen molar-refractivity contribution in [3.05, 3.63) is 64.7 Å². The average Bonchev–Trinajstić information content (AvgIpc) is 3.17. The molecule has 1 atom stereocenters. The number of amides is 1.